The van der Waals surface area contributed by atoms with Gasteiger partial charge in [0.25, 0.3) is 0 Å². The maximum absolute atomic E-state index is 12.4. The maximum atomic E-state index is 12.4. The number of nitrogens with zero attached hydrogens (tertiary/aromatic N) is 1. The first-order valence-electron chi connectivity index (χ1n) is 5.86. The summed E-state index contributed by atoms with van der Waals surface area (Å²) in [5.41, 5.74) is 10.4. The summed E-state index contributed by atoms with van der Waals surface area (Å²) in [6.45, 7) is 0.319. The van der Waals surface area contributed by atoms with Crippen LogP contribution in [0.1, 0.15) is 12.8 Å². The highest BCUT2D eigenvalue weighted by atomic mass is 79.9. The quantitative estimate of drug-likeness (QED) is 0.381. The Labute approximate surface area is 127 Å². The summed E-state index contributed by atoms with van der Waals surface area (Å²) in [5, 5.41) is 8.23. The van der Waals surface area contributed by atoms with E-state index in [1.807, 2.05) is 0 Å². The van der Waals surface area contributed by atoms with Crippen molar-refractivity contribution in [3.05, 3.63) is 28.7 Å². The zero-order valence-corrected chi connectivity index (χ0v) is 13.1. The summed E-state index contributed by atoms with van der Waals surface area (Å²) < 4.78 is 13.0. The largest absolute Gasteiger partial charge is 0.480 e. The molecule has 0 radical (unpaired) electrons. The number of nitrogens with two attached hydrogens (primary N) is 2. The highest BCUT2D eigenvalue weighted by Gasteiger charge is 2.26. The normalized spacial score (nSPS) is 13.4. The molecule has 20 heavy (non-hydrogen) atoms. The molecule has 1 aromatic rings. The molecule has 2 atom stereocenters. The molecule has 0 aliphatic heterocycles. The van der Waals surface area contributed by atoms with Gasteiger partial charge < -0.3 is 16.6 Å². The molecule has 0 amide bonds. The van der Waals surface area contributed by atoms with Crippen LogP contribution in [0.2, 0.25) is 0 Å². The molecule has 0 fully saturated rings. The second-order valence-corrected chi connectivity index (χ2v) is 6.46. The number of carbonyl (C=O) groups is 1. The van der Waals surface area contributed by atoms with Crippen LogP contribution < -0.4 is 11.5 Å². The van der Waals surface area contributed by atoms with E-state index in [9.17, 15) is 14.1 Å². The lowest BCUT2D eigenvalue weighted by Gasteiger charge is -2.12. The van der Waals surface area contributed by atoms with Gasteiger partial charge in [0.05, 0.1) is 15.7 Å². The predicted molar refractivity (Wildman–Crippen MR) is 81.9 cm³/mol. The van der Waals surface area contributed by atoms with Crippen molar-refractivity contribution in [2.45, 2.75) is 23.0 Å². The Kier molecular flexibility index (Phi) is 6.66. The smallest absolute Gasteiger partial charge is 0.319 e. The van der Waals surface area contributed by atoms with Crippen molar-refractivity contribution >= 4 is 38.7 Å². The van der Waals surface area contributed by atoms with Gasteiger partial charge in [0.1, 0.15) is 5.25 Å². The third kappa shape index (κ3) is 4.93. The Morgan fingerprint density at radius 3 is 2.60 bits per heavy atom. The van der Waals surface area contributed by atoms with Crippen LogP contribution in [0.5, 0.6) is 0 Å². The molecule has 0 bridgehead atoms. The average molecular weight is 362 g/mol. The molecule has 0 aliphatic rings. The summed E-state index contributed by atoms with van der Waals surface area (Å²) in [4.78, 5) is 15.5. The van der Waals surface area contributed by atoms with Crippen LogP contribution in [0.15, 0.2) is 38.6 Å². The predicted octanol–water partition coefficient (Wildman–Crippen LogP) is 1.06. The van der Waals surface area contributed by atoms with Gasteiger partial charge in [-0.05, 0) is 40.9 Å². The summed E-state index contributed by atoms with van der Waals surface area (Å²) in [5.74, 6) is -1.13. The Morgan fingerprint density at radius 1 is 1.40 bits per heavy atom. The number of hydrogen-bond acceptors (Lipinski definition) is 3. The van der Waals surface area contributed by atoms with Gasteiger partial charge in [-0.3, -0.25) is 14.0 Å². The highest BCUT2D eigenvalue weighted by molar-refractivity contribution is 9.10. The lowest BCUT2D eigenvalue weighted by molar-refractivity contribution is -0.136. The number of guanidine groups is 1. The molecular weight excluding hydrogens is 346 g/mol. The van der Waals surface area contributed by atoms with E-state index >= 15 is 0 Å². The third-order valence-corrected chi connectivity index (χ3v) is 5.20. The van der Waals surface area contributed by atoms with Gasteiger partial charge in [0.15, 0.2) is 5.96 Å². The summed E-state index contributed by atoms with van der Waals surface area (Å²) in [6, 6.07) is 6.87. The Bertz CT molecular complexity index is 532. The summed E-state index contributed by atoms with van der Waals surface area (Å²) in [7, 11) is -1.63. The van der Waals surface area contributed by atoms with Gasteiger partial charge in [0, 0.05) is 11.0 Å². The van der Waals surface area contributed by atoms with Gasteiger partial charge >= 0.3 is 5.97 Å². The molecule has 0 saturated carbocycles. The van der Waals surface area contributed by atoms with E-state index in [2.05, 4.69) is 20.9 Å². The van der Waals surface area contributed by atoms with Crippen molar-refractivity contribution in [2.24, 2.45) is 16.5 Å². The first-order valence-corrected chi connectivity index (χ1v) is 7.87. The number of benzene rings is 1. The van der Waals surface area contributed by atoms with E-state index < -0.39 is 22.0 Å². The van der Waals surface area contributed by atoms with Crippen LogP contribution in [0.3, 0.4) is 0 Å². The van der Waals surface area contributed by atoms with Crippen molar-refractivity contribution in [1.82, 2.24) is 0 Å². The molecule has 0 aromatic heterocycles. The molecule has 0 saturated heterocycles. The monoisotopic (exact) mass is 361 g/mol. The minimum atomic E-state index is -1.63. The summed E-state index contributed by atoms with van der Waals surface area (Å²) >= 11 is 3.27. The van der Waals surface area contributed by atoms with Crippen molar-refractivity contribution in [2.75, 3.05) is 6.54 Å². The van der Waals surface area contributed by atoms with E-state index in [0.717, 1.165) is 0 Å². The average Bonchev–Trinajstić information content (AvgIpc) is 2.37. The Morgan fingerprint density at radius 2 is 2.05 bits per heavy atom. The van der Waals surface area contributed by atoms with E-state index in [0.29, 0.717) is 22.3 Å². The minimum absolute atomic E-state index is 0.0381. The molecule has 0 heterocycles. The number of aliphatic imine (C=N–C) groups is 1. The zero-order chi connectivity index (χ0) is 15.1. The zero-order valence-electron chi connectivity index (χ0n) is 10.7. The molecule has 110 valence electrons. The van der Waals surface area contributed by atoms with Gasteiger partial charge in [-0.15, -0.1) is 0 Å². The van der Waals surface area contributed by atoms with Crippen molar-refractivity contribution in [3.63, 3.8) is 0 Å². The molecule has 6 nitrogen and oxygen atoms in total. The third-order valence-electron chi connectivity index (χ3n) is 2.51. The maximum Gasteiger partial charge on any atom is 0.319 e. The molecule has 1 rings (SSSR count). The fraction of sp³-hybridized carbons (Fsp3) is 0.333. The second kappa shape index (κ2) is 8.01. The van der Waals surface area contributed by atoms with Crippen LogP contribution in [0, 0.1) is 0 Å². The Balaban J connectivity index is 2.76. The summed E-state index contributed by atoms with van der Waals surface area (Å²) in [6.07, 6.45) is 0.686. The van der Waals surface area contributed by atoms with Crippen molar-refractivity contribution in [3.8, 4) is 0 Å². The molecule has 2 unspecified atom stereocenters. The van der Waals surface area contributed by atoms with Crippen LogP contribution in [-0.4, -0.2) is 33.0 Å². The van der Waals surface area contributed by atoms with Gasteiger partial charge in [-0.1, -0.05) is 12.1 Å². The number of carboxylic acids is 1. The molecule has 1 aromatic carbocycles. The van der Waals surface area contributed by atoms with Gasteiger partial charge in [-0.25, -0.2) is 0 Å². The minimum Gasteiger partial charge on any atom is -0.480 e. The lowest BCUT2D eigenvalue weighted by Crippen LogP contribution is -2.27. The van der Waals surface area contributed by atoms with Crippen LogP contribution in [-0.2, 0) is 15.6 Å². The van der Waals surface area contributed by atoms with Crippen molar-refractivity contribution < 1.29 is 14.1 Å². The molecule has 8 heteroatoms. The molecular formula is C12H16BrN3O3S. The lowest BCUT2D eigenvalue weighted by atomic mass is 10.2. The van der Waals surface area contributed by atoms with E-state index in [-0.39, 0.29) is 12.4 Å². The van der Waals surface area contributed by atoms with Crippen LogP contribution in [0.4, 0.5) is 0 Å². The Hall–Kier alpha value is -1.41. The SMILES string of the molecule is NC(N)=NCCCC(C(=O)O)S(=O)c1ccccc1Br. The standard InChI is InChI=1S/C12H16BrN3O3S/c13-8-4-1-2-5-9(8)20(19)10(11(17)18)6-3-7-16-12(14)15/h1-2,4-5,10H,3,6-7H2,(H,17,18)(H4,14,15,16). The molecule has 0 spiro atoms. The highest BCUT2D eigenvalue weighted by Crippen LogP contribution is 2.23. The number of halogens is 1. The van der Waals surface area contributed by atoms with Crippen molar-refractivity contribution in [1.29, 1.82) is 0 Å². The topological polar surface area (TPSA) is 119 Å². The fourth-order valence-corrected chi connectivity index (χ4v) is 3.67. The van der Waals surface area contributed by atoms with E-state index in [1.54, 1.807) is 24.3 Å². The van der Waals surface area contributed by atoms with E-state index in [1.165, 1.54) is 0 Å². The second-order valence-electron chi connectivity index (χ2n) is 4.00. The fourth-order valence-electron chi connectivity index (χ4n) is 1.57. The van der Waals surface area contributed by atoms with Crippen LogP contribution in [0.25, 0.3) is 0 Å². The van der Waals surface area contributed by atoms with E-state index in [4.69, 9.17) is 11.5 Å². The first-order chi connectivity index (χ1) is 9.43. The number of rotatable bonds is 7. The first kappa shape index (κ1) is 16.6. The molecule has 5 N–H and O–H groups in total. The van der Waals surface area contributed by atoms with Gasteiger partial charge in [0.2, 0.25) is 0 Å². The van der Waals surface area contributed by atoms with Gasteiger partial charge in [-0.2, -0.15) is 0 Å². The number of hydrogen-bond donors (Lipinski definition) is 3. The molecule has 0 aliphatic carbocycles. The van der Waals surface area contributed by atoms with Crippen LogP contribution >= 0.6 is 15.9 Å². The number of carboxylic acid groups (broad SMARTS) is 1. The number of aliphatic carboxylic acids is 1.